The van der Waals surface area contributed by atoms with Gasteiger partial charge in [0.05, 0.1) is 18.3 Å². The number of fused-ring (bicyclic) bond motifs is 5. The molecule has 9 nitrogen and oxygen atoms in total. The number of carbonyl (C=O) groups excluding carboxylic acids is 4. The third kappa shape index (κ3) is 3.23. The van der Waals surface area contributed by atoms with E-state index in [0.717, 1.165) is 15.2 Å². The summed E-state index contributed by atoms with van der Waals surface area (Å²) in [5.41, 5.74) is 0.880. The lowest BCUT2D eigenvalue weighted by molar-refractivity contribution is -0.143. The van der Waals surface area contributed by atoms with Crippen LogP contribution >= 0.6 is 23.2 Å². The van der Waals surface area contributed by atoms with Gasteiger partial charge >= 0.3 is 5.97 Å². The van der Waals surface area contributed by atoms with Crippen LogP contribution in [0.2, 0.25) is 0 Å². The number of aromatic hydroxyl groups is 1. The zero-order valence-corrected chi connectivity index (χ0v) is 22.3. The van der Waals surface area contributed by atoms with E-state index in [2.05, 4.69) is 0 Å². The summed E-state index contributed by atoms with van der Waals surface area (Å²) >= 11 is 14.3. The van der Waals surface area contributed by atoms with Crippen LogP contribution in [0.1, 0.15) is 30.7 Å². The van der Waals surface area contributed by atoms with Crippen LogP contribution in [0.15, 0.2) is 48.0 Å². The fourth-order valence-electron chi connectivity index (χ4n) is 7.14. The summed E-state index contributed by atoms with van der Waals surface area (Å²) in [5, 5.41) is 21.7. The minimum atomic E-state index is -2.01. The Morgan fingerprint density at radius 1 is 1.03 bits per heavy atom. The SMILES string of the molecule is CN1C(=O)[C@]2(Cl)C[C@@H]3C(=CC[C@@H]4C(=O)N(CCC(=O)O)C(=O)[C@@H]43)[C@H](c3c(O)ccc4ccccc34)[C@]2(Cl)C1=O. The maximum atomic E-state index is 13.7. The fraction of sp³-hybridized carbons (Fsp3) is 0.393. The molecule has 2 aromatic carbocycles. The number of phenolic OH excluding ortho intramolecular Hbond substituents is 1. The number of carboxylic acid groups (broad SMARTS) is 1. The number of likely N-dealkylation sites (tertiary alicyclic amines) is 2. The average Bonchev–Trinajstić information content (AvgIpc) is 3.22. The zero-order chi connectivity index (χ0) is 28.0. The monoisotopic (exact) mass is 570 g/mol. The molecule has 0 unspecified atom stereocenters. The van der Waals surface area contributed by atoms with Gasteiger partial charge < -0.3 is 10.2 Å². The first-order chi connectivity index (χ1) is 18.4. The van der Waals surface area contributed by atoms with Gasteiger partial charge in [-0.15, -0.1) is 23.2 Å². The van der Waals surface area contributed by atoms with Crippen molar-refractivity contribution in [3.05, 3.63) is 53.6 Å². The summed E-state index contributed by atoms with van der Waals surface area (Å²) in [4.78, 5) is 63.2. The van der Waals surface area contributed by atoms with Gasteiger partial charge in [-0.05, 0) is 35.6 Å². The van der Waals surface area contributed by atoms with Gasteiger partial charge in [-0.1, -0.05) is 42.0 Å². The van der Waals surface area contributed by atoms with E-state index in [4.69, 9.17) is 28.3 Å². The summed E-state index contributed by atoms with van der Waals surface area (Å²) in [6.45, 7) is -0.263. The number of carbonyl (C=O) groups is 5. The van der Waals surface area contributed by atoms with E-state index in [-0.39, 0.29) is 25.1 Å². The predicted octanol–water partition coefficient (Wildman–Crippen LogP) is 3.01. The number of phenols is 1. The van der Waals surface area contributed by atoms with Crippen molar-refractivity contribution < 1.29 is 34.2 Å². The lowest BCUT2D eigenvalue weighted by Crippen LogP contribution is -2.60. The second-order valence-electron chi connectivity index (χ2n) is 10.7. The predicted molar refractivity (Wildman–Crippen MR) is 140 cm³/mol. The zero-order valence-electron chi connectivity index (χ0n) is 20.8. The number of imide groups is 2. The highest BCUT2D eigenvalue weighted by molar-refractivity contribution is 6.53. The summed E-state index contributed by atoms with van der Waals surface area (Å²) in [7, 11) is 1.30. The number of amides is 4. The molecule has 0 bridgehead atoms. The Kier molecular flexibility index (Phi) is 5.65. The standard InChI is InChI=1S/C28H24Cl2N2O7/c1-31-25(38)27(29)12-17-15(7-8-16-20(17)24(37)32(23(16)36)11-10-19(34)35)22(28(27,30)26(31)39)21-14-5-3-2-4-13(14)6-9-18(21)33/h2-7,9,16-17,20,22,33H,8,10-12H2,1H3,(H,34,35)/t16-,17+,20-,22+,27+,28-/m0/s1. The van der Waals surface area contributed by atoms with Crippen LogP contribution < -0.4 is 0 Å². The molecule has 39 heavy (non-hydrogen) atoms. The number of alkyl halides is 2. The van der Waals surface area contributed by atoms with Crippen molar-refractivity contribution in [1.29, 1.82) is 0 Å². The molecule has 202 valence electrons. The Balaban J connectivity index is 1.57. The number of rotatable bonds is 4. The molecule has 2 heterocycles. The van der Waals surface area contributed by atoms with Crippen LogP contribution in [-0.4, -0.2) is 73.0 Å². The molecule has 4 amide bonds. The van der Waals surface area contributed by atoms with Gasteiger partial charge in [0.15, 0.2) is 9.75 Å². The van der Waals surface area contributed by atoms with E-state index in [1.54, 1.807) is 24.3 Å². The lowest BCUT2D eigenvalue weighted by atomic mass is 9.56. The smallest absolute Gasteiger partial charge is 0.305 e. The van der Waals surface area contributed by atoms with Crippen molar-refractivity contribution in [3.63, 3.8) is 0 Å². The highest BCUT2D eigenvalue weighted by atomic mass is 35.5. The molecule has 0 radical (unpaired) electrons. The second-order valence-corrected chi connectivity index (χ2v) is 11.9. The Hall–Kier alpha value is -3.43. The molecule has 6 rings (SSSR count). The summed E-state index contributed by atoms with van der Waals surface area (Å²) in [6, 6.07) is 10.4. The molecular formula is C28H24Cl2N2O7. The van der Waals surface area contributed by atoms with Gasteiger partial charge in [0.2, 0.25) is 11.8 Å². The summed E-state index contributed by atoms with van der Waals surface area (Å²) in [6.07, 6.45) is 1.37. The normalized spacial score (nSPS) is 33.8. The Morgan fingerprint density at radius 3 is 2.46 bits per heavy atom. The molecule has 2 aromatic rings. The minimum Gasteiger partial charge on any atom is -0.508 e. The Labute approximate surface area is 232 Å². The van der Waals surface area contributed by atoms with Crippen LogP contribution in [0.5, 0.6) is 5.75 Å². The first-order valence-electron chi connectivity index (χ1n) is 12.6. The molecule has 2 aliphatic carbocycles. The van der Waals surface area contributed by atoms with Gasteiger partial charge in [0, 0.05) is 25.1 Å². The van der Waals surface area contributed by atoms with Crippen LogP contribution in [0.25, 0.3) is 10.8 Å². The largest absolute Gasteiger partial charge is 0.508 e. The van der Waals surface area contributed by atoms with E-state index in [0.29, 0.717) is 16.5 Å². The minimum absolute atomic E-state index is 0.145. The number of hydrogen-bond donors (Lipinski definition) is 2. The number of hydrogen-bond acceptors (Lipinski definition) is 6. The van der Waals surface area contributed by atoms with Crippen molar-refractivity contribution in [2.75, 3.05) is 13.6 Å². The topological polar surface area (TPSA) is 132 Å². The Bertz CT molecular complexity index is 1540. The van der Waals surface area contributed by atoms with Gasteiger partial charge in [-0.25, -0.2) is 0 Å². The fourth-order valence-corrected chi connectivity index (χ4v) is 8.14. The van der Waals surface area contributed by atoms with E-state index in [1.807, 2.05) is 12.1 Å². The number of benzene rings is 2. The van der Waals surface area contributed by atoms with E-state index in [9.17, 15) is 29.1 Å². The second kappa shape index (κ2) is 8.53. The lowest BCUT2D eigenvalue weighted by Gasteiger charge is -2.51. The molecule has 2 saturated heterocycles. The van der Waals surface area contributed by atoms with Crippen molar-refractivity contribution >= 4 is 63.6 Å². The summed E-state index contributed by atoms with van der Waals surface area (Å²) in [5.74, 6) is -7.20. The van der Waals surface area contributed by atoms with Crippen LogP contribution in [-0.2, 0) is 24.0 Å². The Morgan fingerprint density at radius 2 is 1.74 bits per heavy atom. The third-order valence-corrected chi connectivity index (χ3v) is 10.3. The van der Waals surface area contributed by atoms with Gasteiger partial charge in [-0.3, -0.25) is 33.8 Å². The van der Waals surface area contributed by atoms with Gasteiger partial charge in [0.25, 0.3) is 11.8 Å². The van der Waals surface area contributed by atoms with Crippen LogP contribution in [0.3, 0.4) is 0 Å². The molecule has 0 aromatic heterocycles. The average molecular weight is 571 g/mol. The maximum Gasteiger partial charge on any atom is 0.305 e. The van der Waals surface area contributed by atoms with Gasteiger partial charge in [-0.2, -0.15) is 0 Å². The number of allylic oxidation sites excluding steroid dienone is 2. The molecule has 0 spiro atoms. The quantitative estimate of drug-likeness (QED) is 0.328. The number of aliphatic carboxylic acids is 1. The molecule has 4 aliphatic rings. The summed E-state index contributed by atoms with van der Waals surface area (Å²) < 4.78 is 0. The number of nitrogens with zero attached hydrogens (tertiary/aromatic N) is 2. The van der Waals surface area contributed by atoms with E-state index < -0.39 is 69.4 Å². The third-order valence-electron chi connectivity index (χ3n) is 8.89. The van der Waals surface area contributed by atoms with Crippen molar-refractivity contribution in [3.8, 4) is 5.75 Å². The molecule has 2 N–H and O–H groups in total. The van der Waals surface area contributed by atoms with E-state index in [1.165, 1.54) is 13.1 Å². The first-order valence-corrected chi connectivity index (χ1v) is 13.4. The number of carboxylic acids is 1. The first kappa shape index (κ1) is 25.8. The van der Waals surface area contributed by atoms with Crippen molar-refractivity contribution in [2.24, 2.45) is 17.8 Å². The number of halogens is 2. The maximum absolute atomic E-state index is 13.7. The molecule has 11 heteroatoms. The molecule has 3 fully saturated rings. The highest BCUT2D eigenvalue weighted by Gasteiger charge is 2.76. The van der Waals surface area contributed by atoms with Crippen LogP contribution in [0.4, 0.5) is 0 Å². The molecular weight excluding hydrogens is 547 g/mol. The van der Waals surface area contributed by atoms with Crippen molar-refractivity contribution in [2.45, 2.75) is 34.9 Å². The van der Waals surface area contributed by atoms with Crippen LogP contribution in [0, 0.1) is 17.8 Å². The molecule has 1 saturated carbocycles. The van der Waals surface area contributed by atoms with Gasteiger partial charge in [0.1, 0.15) is 5.75 Å². The van der Waals surface area contributed by atoms with Crippen molar-refractivity contribution in [1.82, 2.24) is 9.80 Å². The highest BCUT2D eigenvalue weighted by Crippen LogP contribution is 2.66. The van der Waals surface area contributed by atoms with E-state index >= 15 is 0 Å². The molecule has 2 aliphatic heterocycles. The molecule has 6 atom stereocenters.